The molecule has 0 saturated carbocycles. The van der Waals surface area contributed by atoms with Crippen LogP contribution in [0.4, 0.5) is 11.5 Å². The van der Waals surface area contributed by atoms with Crippen LogP contribution in [-0.4, -0.2) is 41.5 Å². The molecule has 3 rings (SSSR count). The Balaban J connectivity index is 0.000000299. The Kier molecular flexibility index (Phi) is 14.4. The van der Waals surface area contributed by atoms with Gasteiger partial charge >= 0.3 is 11.9 Å². The van der Waals surface area contributed by atoms with E-state index in [2.05, 4.69) is 15.3 Å². The Hall–Kier alpha value is -4.82. The van der Waals surface area contributed by atoms with E-state index in [1.807, 2.05) is 60.7 Å². The van der Waals surface area contributed by atoms with Gasteiger partial charge in [-0.3, -0.25) is 5.84 Å². The average Bonchev–Trinajstić information content (AvgIpc) is 3.32. The second-order valence-electron chi connectivity index (χ2n) is 6.74. The van der Waals surface area contributed by atoms with Gasteiger partial charge in [-0.2, -0.15) is 10.4 Å². The number of carbonyl (C=O) groups excluding carboxylic acids is 2. The van der Waals surface area contributed by atoms with Crippen LogP contribution in [0.5, 0.6) is 0 Å². The second kappa shape index (κ2) is 17.6. The van der Waals surface area contributed by atoms with Gasteiger partial charge < -0.3 is 25.4 Å². The van der Waals surface area contributed by atoms with Crippen molar-refractivity contribution in [2.75, 3.05) is 31.0 Å². The minimum Gasteiger partial charge on any atom is -0.500 e. The molecule has 37 heavy (non-hydrogen) atoms. The zero-order valence-corrected chi connectivity index (χ0v) is 21.1. The number of ether oxygens (including phenoxy) is 3. The van der Waals surface area contributed by atoms with Crippen molar-refractivity contribution in [1.29, 1.82) is 5.26 Å². The maximum atomic E-state index is 11.6. The highest BCUT2D eigenvalue weighted by atomic mass is 16.5. The minimum absolute atomic E-state index is 0.112. The molecule has 196 valence electrons. The van der Waals surface area contributed by atoms with Crippen molar-refractivity contribution in [2.24, 2.45) is 5.84 Å². The SMILES string of the molecule is CCOC(=O)c1cnn(-c2ccccc2)c1N.CCOC=C(C#N)C(=O)OCC.NNc1ccccc1. The number of esters is 2. The Bertz CT molecular complexity index is 1160. The molecule has 0 bridgehead atoms. The molecule has 2 aromatic carbocycles. The van der Waals surface area contributed by atoms with Crippen LogP contribution in [0.3, 0.4) is 0 Å². The van der Waals surface area contributed by atoms with E-state index in [9.17, 15) is 9.59 Å². The van der Waals surface area contributed by atoms with Crippen molar-refractivity contribution in [3.8, 4) is 11.8 Å². The molecule has 0 radical (unpaired) electrons. The van der Waals surface area contributed by atoms with Crippen molar-refractivity contribution in [3.05, 3.63) is 84.3 Å². The molecule has 1 heterocycles. The molecule has 0 spiro atoms. The number of nitriles is 1. The lowest BCUT2D eigenvalue weighted by molar-refractivity contribution is -0.138. The van der Waals surface area contributed by atoms with E-state index in [1.54, 1.807) is 26.8 Å². The van der Waals surface area contributed by atoms with Gasteiger partial charge in [0.25, 0.3) is 0 Å². The third-order valence-corrected chi connectivity index (χ3v) is 4.23. The molecule has 5 N–H and O–H groups in total. The van der Waals surface area contributed by atoms with Crippen LogP contribution in [0.2, 0.25) is 0 Å². The van der Waals surface area contributed by atoms with Gasteiger partial charge in [0.1, 0.15) is 23.7 Å². The molecular weight excluding hydrogens is 476 g/mol. The molecule has 0 fully saturated rings. The number of para-hydroxylation sites is 2. The summed E-state index contributed by atoms with van der Waals surface area (Å²) in [4.78, 5) is 22.4. The summed E-state index contributed by atoms with van der Waals surface area (Å²) in [7, 11) is 0. The standard InChI is InChI=1S/C12H13N3O2.C8H11NO3.C6H8N2/c1-2-17-12(16)10-8-14-15(11(10)13)9-6-4-3-5-7-9;1-3-11-6-7(5-9)8(10)12-4-2;7-8-6-4-2-1-3-5-6/h3-8H,2,13H2,1H3;6H,3-4H2,1-2H3;1-5,8H,7H2. The Morgan fingerprint density at radius 1 is 1.00 bits per heavy atom. The van der Waals surface area contributed by atoms with Gasteiger partial charge in [0.2, 0.25) is 0 Å². The zero-order valence-electron chi connectivity index (χ0n) is 21.1. The highest BCUT2D eigenvalue weighted by Crippen LogP contribution is 2.17. The van der Waals surface area contributed by atoms with Crippen molar-refractivity contribution in [1.82, 2.24) is 9.78 Å². The monoisotopic (exact) mass is 508 g/mol. The second-order valence-corrected chi connectivity index (χ2v) is 6.74. The van der Waals surface area contributed by atoms with Gasteiger partial charge in [0.05, 0.1) is 31.7 Å². The van der Waals surface area contributed by atoms with E-state index >= 15 is 0 Å². The highest BCUT2D eigenvalue weighted by molar-refractivity contribution is 5.94. The van der Waals surface area contributed by atoms with E-state index in [-0.39, 0.29) is 23.6 Å². The summed E-state index contributed by atoms with van der Waals surface area (Å²) in [5.74, 6) is 4.29. The number of benzene rings is 2. The molecular formula is C26H32N6O5. The summed E-state index contributed by atoms with van der Waals surface area (Å²) in [6.45, 7) is 6.17. The summed E-state index contributed by atoms with van der Waals surface area (Å²) < 4.78 is 15.7. The zero-order chi connectivity index (χ0) is 27.5. The maximum Gasteiger partial charge on any atom is 0.352 e. The molecule has 0 aliphatic rings. The summed E-state index contributed by atoms with van der Waals surface area (Å²) in [5.41, 5.74) is 10.3. The van der Waals surface area contributed by atoms with Gasteiger partial charge in [0.15, 0.2) is 5.57 Å². The molecule has 0 amide bonds. The number of hydrogen-bond acceptors (Lipinski definition) is 10. The van der Waals surface area contributed by atoms with Gasteiger partial charge in [-0.25, -0.2) is 14.3 Å². The molecule has 0 aliphatic carbocycles. The number of aromatic nitrogens is 2. The molecule has 1 aromatic heterocycles. The normalized spacial score (nSPS) is 9.86. The van der Waals surface area contributed by atoms with Gasteiger partial charge in [-0.1, -0.05) is 36.4 Å². The predicted octanol–water partition coefficient (Wildman–Crippen LogP) is 3.60. The first-order chi connectivity index (χ1) is 17.9. The van der Waals surface area contributed by atoms with Crippen LogP contribution in [-0.2, 0) is 19.0 Å². The van der Waals surface area contributed by atoms with E-state index in [4.69, 9.17) is 26.3 Å². The fourth-order valence-corrected chi connectivity index (χ4v) is 2.53. The quantitative estimate of drug-likeness (QED) is 0.102. The minimum atomic E-state index is -0.645. The number of nitrogen functional groups attached to an aromatic ring is 2. The number of nitrogens with two attached hydrogens (primary N) is 2. The third-order valence-electron chi connectivity index (χ3n) is 4.23. The number of carbonyl (C=O) groups is 2. The molecule has 0 saturated heterocycles. The van der Waals surface area contributed by atoms with Crippen LogP contribution < -0.4 is 17.0 Å². The van der Waals surface area contributed by atoms with E-state index in [0.29, 0.717) is 13.2 Å². The van der Waals surface area contributed by atoms with Crippen molar-refractivity contribution in [3.63, 3.8) is 0 Å². The number of hydrogen-bond donors (Lipinski definition) is 3. The molecule has 11 heteroatoms. The molecule has 0 aliphatic heterocycles. The highest BCUT2D eigenvalue weighted by Gasteiger charge is 2.16. The molecule has 3 aromatic rings. The van der Waals surface area contributed by atoms with Crippen LogP contribution >= 0.6 is 0 Å². The van der Waals surface area contributed by atoms with Crippen LogP contribution in [0.25, 0.3) is 5.69 Å². The average molecular weight is 509 g/mol. The van der Waals surface area contributed by atoms with Crippen molar-refractivity contribution >= 4 is 23.4 Å². The third kappa shape index (κ3) is 10.5. The molecule has 11 nitrogen and oxygen atoms in total. The summed E-state index contributed by atoms with van der Waals surface area (Å²) in [5, 5.41) is 12.5. The van der Waals surface area contributed by atoms with E-state index < -0.39 is 11.9 Å². The predicted molar refractivity (Wildman–Crippen MR) is 140 cm³/mol. The van der Waals surface area contributed by atoms with E-state index in [0.717, 1.165) is 17.6 Å². The largest absolute Gasteiger partial charge is 0.500 e. The first kappa shape index (κ1) is 30.2. The first-order valence-corrected chi connectivity index (χ1v) is 11.4. The first-order valence-electron chi connectivity index (χ1n) is 11.4. The smallest absolute Gasteiger partial charge is 0.352 e. The van der Waals surface area contributed by atoms with Crippen LogP contribution in [0.15, 0.2) is 78.7 Å². The van der Waals surface area contributed by atoms with Crippen LogP contribution in [0, 0.1) is 11.3 Å². The fraction of sp³-hybridized carbons (Fsp3) is 0.231. The Labute approximate surface area is 216 Å². The molecule has 0 unspecified atom stereocenters. The van der Waals surface area contributed by atoms with Crippen LogP contribution in [0.1, 0.15) is 31.1 Å². The topological polar surface area (TPSA) is 168 Å². The summed E-state index contributed by atoms with van der Waals surface area (Å²) >= 11 is 0. The number of nitrogens with zero attached hydrogens (tertiary/aromatic N) is 3. The maximum absolute atomic E-state index is 11.6. The van der Waals surface area contributed by atoms with Crippen molar-refractivity contribution < 1.29 is 23.8 Å². The molecule has 0 atom stereocenters. The van der Waals surface area contributed by atoms with Gasteiger partial charge in [0, 0.05) is 5.69 Å². The lowest BCUT2D eigenvalue weighted by Crippen LogP contribution is -2.08. The Morgan fingerprint density at radius 3 is 2.08 bits per heavy atom. The van der Waals surface area contributed by atoms with Gasteiger partial charge in [-0.05, 0) is 45.0 Å². The van der Waals surface area contributed by atoms with Gasteiger partial charge in [-0.15, -0.1) is 0 Å². The van der Waals surface area contributed by atoms with Crippen molar-refractivity contribution in [2.45, 2.75) is 20.8 Å². The lowest BCUT2D eigenvalue weighted by Gasteiger charge is -2.04. The fourth-order valence-electron chi connectivity index (χ4n) is 2.53. The number of anilines is 2. The summed E-state index contributed by atoms with van der Waals surface area (Å²) in [6.07, 6.45) is 2.53. The summed E-state index contributed by atoms with van der Waals surface area (Å²) in [6, 6.07) is 20.7. The van der Waals surface area contributed by atoms with E-state index in [1.165, 1.54) is 10.9 Å². The number of rotatable bonds is 8. The lowest BCUT2D eigenvalue weighted by atomic mass is 10.3. The number of nitrogens with one attached hydrogen (secondary N) is 1. The Morgan fingerprint density at radius 2 is 1.59 bits per heavy atom. The number of hydrazine groups is 1.